The fraction of sp³-hybridized carbons (Fsp3) is 0.250. The second-order valence-corrected chi connectivity index (χ2v) is 6.44. The quantitative estimate of drug-likeness (QED) is 0.766. The number of hydrogen-bond acceptors (Lipinski definition) is 4. The van der Waals surface area contributed by atoms with E-state index >= 15 is 0 Å². The van der Waals surface area contributed by atoms with Gasteiger partial charge in [0.1, 0.15) is 11.4 Å². The zero-order valence-electron chi connectivity index (χ0n) is 15.0. The Morgan fingerprint density at radius 1 is 1.22 bits per heavy atom. The van der Waals surface area contributed by atoms with E-state index in [1.165, 1.54) is 6.92 Å². The summed E-state index contributed by atoms with van der Waals surface area (Å²) in [7, 11) is 0. The number of benzene rings is 1. The predicted molar refractivity (Wildman–Crippen MR) is 101 cm³/mol. The number of rotatable bonds is 4. The van der Waals surface area contributed by atoms with Crippen molar-refractivity contribution in [2.75, 3.05) is 18.0 Å². The minimum Gasteiger partial charge on any atom is -0.477 e. The summed E-state index contributed by atoms with van der Waals surface area (Å²) in [6.45, 7) is 2.14. The molecule has 2 aromatic heterocycles. The molecule has 0 aliphatic carbocycles. The average Bonchev–Trinajstić information content (AvgIpc) is 3.09. The maximum absolute atomic E-state index is 12.5. The Kier molecular flexibility index (Phi) is 4.50. The monoisotopic (exact) mass is 364 g/mol. The molecule has 4 rings (SSSR count). The molecule has 1 aliphatic rings. The summed E-state index contributed by atoms with van der Waals surface area (Å²) in [6.07, 6.45) is 3.78. The van der Waals surface area contributed by atoms with Crippen molar-refractivity contribution in [2.24, 2.45) is 0 Å². The number of pyridine rings is 1. The lowest BCUT2D eigenvalue weighted by Crippen LogP contribution is -2.50. The van der Waals surface area contributed by atoms with Crippen molar-refractivity contribution in [1.29, 1.82) is 0 Å². The number of nitrogens with zero attached hydrogens (tertiary/aromatic N) is 3. The van der Waals surface area contributed by atoms with Gasteiger partial charge in [-0.1, -0.05) is 18.2 Å². The third kappa shape index (κ3) is 3.48. The molecule has 1 N–H and O–H groups in total. The number of aromatic nitrogens is 2. The highest BCUT2D eigenvalue weighted by atomic mass is 16.5. The lowest BCUT2D eigenvalue weighted by molar-refractivity contribution is -0.128. The summed E-state index contributed by atoms with van der Waals surface area (Å²) in [5, 5.41) is 2.88. The summed E-state index contributed by atoms with van der Waals surface area (Å²) in [5.74, 6) is 0.187. The summed E-state index contributed by atoms with van der Waals surface area (Å²) < 4.78 is 7.75. The van der Waals surface area contributed by atoms with Crippen LogP contribution in [0.4, 0.5) is 5.69 Å². The number of para-hydroxylation sites is 2. The van der Waals surface area contributed by atoms with E-state index in [9.17, 15) is 9.59 Å². The van der Waals surface area contributed by atoms with Gasteiger partial charge in [-0.05, 0) is 24.3 Å². The summed E-state index contributed by atoms with van der Waals surface area (Å²) in [5.41, 5.74) is 2.48. The Morgan fingerprint density at radius 3 is 2.85 bits per heavy atom. The van der Waals surface area contributed by atoms with Gasteiger partial charge in [0.05, 0.1) is 17.9 Å². The zero-order valence-corrected chi connectivity index (χ0v) is 15.0. The van der Waals surface area contributed by atoms with Crippen LogP contribution in [0.15, 0.2) is 54.9 Å². The number of carbonyl (C=O) groups is 2. The first-order valence-corrected chi connectivity index (χ1v) is 8.86. The van der Waals surface area contributed by atoms with Gasteiger partial charge in [0.2, 0.25) is 5.91 Å². The van der Waals surface area contributed by atoms with Gasteiger partial charge in [-0.2, -0.15) is 0 Å². The number of imidazole rings is 1. The molecule has 0 saturated carbocycles. The topological polar surface area (TPSA) is 75.9 Å². The van der Waals surface area contributed by atoms with Crippen LogP contribution in [0, 0.1) is 0 Å². The molecule has 27 heavy (non-hydrogen) atoms. The number of carbonyl (C=O) groups excluding carboxylic acids is 2. The number of anilines is 1. The van der Waals surface area contributed by atoms with Crippen LogP contribution in [0.25, 0.3) is 5.65 Å². The van der Waals surface area contributed by atoms with Crippen molar-refractivity contribution in [3.05, 3.63) is 60.6 Å². The SMILES string of the molecule is CC(=O)N1C[C@H](C(=O)NCCc2cn3ccccc3n2)Oc2ccccc21. The summed E-state index contributed by atoms with van der Waals surface area (Å²) in [4.78, 5) is 30.6. The Hall–Kier alpha value is -3.35. The molecular formula is C20H20N4O3. The molecule has 7 nitrogen and oxygen atoms in total. The van der Waals surface area contributed by atoms with Crippen LogP contribution in [0.1, 0.15) is 12.6 Å². The van der Waals surface area contributed by atoms with Gasteiger partial charge in [-0.25, -0.2) is 4.98 Å². The molecule has 7 heteroatoms. The smallest absolute Gasteiger partial charge is 0.262 e. The van der Waals surface area contributed by atoms with E-state index in [0.29, 0.717) is 24.4 Å². The van der Waals surface area contributed by atoms with E-state index in [0.717, 1.165) is 11.3 Å². The summed E-state index contributed by atoms with van der Waals surface area (Å²) >= 11 is 0. The molecule has 0 fully saturated rings. The molecule has 1 aliphatic heterocycles. The second-order valence-electron chi connectivity index (χ2n) is 6.44. The van der Waals surface area contributed by atoms with E-state index in [2.05, 4.69) is 10.3 Å². The molecular weight excluding hydrogens is 344 g/mol. The van der Waals surface area contributed by atoms with E-state index in [1.807, 2.05) is 53.2 Å². The highest BCUT2D eigenvalue weighted by Crippen LogP contribution is 2.33. The molecule has 138 valence electrons. The lowest BCUT2D eigenvalue weighted by Gasteiger charge is -2.33. The Bertz CT molecular complexity index is 965. The molecule has 3 aromatic rings. The van der Waals surface area contributed by atoms with Gasteiger partial charge in [0.15, 0.2) is 6.10 Å². The van der Waals surface area contributed by atoms with Crippen LogP contribution < -0.4 is 15.0 Å². The fourth-order valence-electron chi connectivity index (χ4n) is 3.20. The molecule has 1 atom stereocenters. The summed E-state index contributed by atoms with van der Waals surface area (Å²) in [6, 6.07) is 13.1. The van der Waals surface area contributed by atoms with Gasteiger partial charge < -0.3 is 19.4 Å². The van der Waals surface area contributed by atoms with E-state index in [4.69, 9.17) is 4.74 Å². The number of hydrogen-bond donors (Lipinski definition) is 1. The molecule has 3 heterocycles. The van der Waals surface area contributed by atoms with Crippen molar-refractivity contribution in [3.8, 4) is 5.75 Å². The molecule has 2 amide bonds. The number of nitrogens with one attached hydrogen (secondary N) is 1. The van der Waals surface area contributed by atoms with Gasteiger partial charge in [0, 0.05) is 32.3 Å². The Morgan fingerprint density at radius 2 is 2.04 bits per heavy atom. The minimum absolute atomic E-state index is 0.117. The van der Waals surface area contributed by atoms with Crippen molar-refractivity contribution < 1.29 is 14.3 Å². The maximum Gasteiger partial charge on any atom is 0.262 e. The van der Waals surface area contributed by atoms with Gasteiger partial charge in [-0.3, -0.25) is 9.59 Å². The van der Waals surface area contributed by atoms with Crippen molar-refractivity contribution >= 4 is 23.1 Å². The first kappa shape index (κ1) is 17.1. The molecule has 1 aromatic carbocycles. The third-order valence-corrected chi connectivity index (χ3v) is 4.54. The normalized spacial score (nSPS) is 15.9. The van der Waals surface area contributed by atoms with Crippen LogP contribution in [0.5, 0.6) is 5.75 Å². The van der Waals surface area contributed by atoms with Crippen LogP contribution in [0.3, 0.4) is 0 Å². The maximum atomic E-state index is 12.5. The van der Waals surface area contributed by atoms with E-state index < -0.39 is 6.10 Å². The van der Waals surface area contributed by atoms with Crippen LogP contribution >= 0.6 is 0 Å². The van der Waals surface area contributed by atoms with Gasteiger partial charge in [0.25, 0.3) is 5.91 Å². The Balaban J connectivity index is 1.39. The number of ether oxygens (including phenoxy) is 1. The predicted octanol–water partition coefficient (Wildman–Crippen LogP) is 1.81. The van der Waals surface area contributed by atoms with Crippen LogP contribution in [-0.4, -0.2) is 40.4 Å². The lowest BCUT2D eigenvalue weighted by atomic mass is 10.1. The van der Waals surface area contributed by atoms with E-state index in [-0.39, 0.29) is 18.4 Å². The molecule has 0 spiro atoms. The van der Waals surface area contributed by atoms with Crippen molar-refractivity contribution in [3.63, 3.8) is 0 Å². The van der Waals surface area contributed by atoms with E-state index in [1.54, 1.807) is 11.0 Å². The highest BCUT2D eigenvalue weighted by molar-refractivity contribution is 5.95. The number of fused-ring (bicyclic) bond motifs is 2. The fourth-order valence-corrected chi connectivity index (χ4v) is 3.20. The zero-order chi connectivity index (χ0) is 18.8. The first-order chi connectivity index (χ1) is 13.1. The molecule has 0 unspecified atom stereocenters. The van der Waals surface area contributed by atoms with Gasteiger partial charge >= 0.3 is 0 Å². The molecule has 0 radical (unpaired) electrons. The number of amides is 2. The van der Waals surface area contributed by atoms with Crippen molar-refractivity contribution in [2.45, 2.75) is 19.4 Å². The minimum atomic E-state index is -0.732. The van der Waals surface area contributed by atoms with Crippen LogP contribution in [0.2, 0.25) is 0 Å². The van der Waals surface area contributed by atoms with Crippen LogP contribution in [-0.2, 0) is 16.0 Å². The van der Waals surface area contributed by atoms with Crippen molar-refractivity contribution in [1.82, 2.24) is 14.7 Å². The first-order valence-electron chi connectivity index (χ1n) is 8.86. The van der Waals surface area contributed by atoms with Gasteiger partial charge in [-0.15, -0.1) is 0 Å². The molecule has 0 bridgehead atoms. The second kappa shape index (κ2) is 7.11. The highest BCUT2D eigenvalue weighted by Gasteiger charge is 2.32. The third-order valence-electron chi connectivity index (χ3n) is 4.54. The molecule has 0 saturated heterocycles. The Labute approximate surface area is 156 Å². The largest absolute Gasteiger partial charge is 0.477 e. The average molecular weight is 364 g/mol. The standard InChI is InChI=1S/C20H20N4O3/c1-14(25)24-13-18(27-17-7-3-2-6-16(17)24)20(26)21-10-9-15-12-23-11-5-4-8-19(23)22-15/h2-8,11-12,18H,9-10,13H2,1H3,(H,21,26)/t18-/m1/s1.